The maximum Gasteiger partial charge on any atom is 0.348 e. The molecule has 1 atom stereocenters. The van der Waals surface area contributed by atoms with E-state index in [1.807, 2.05) is 6.07 Å². The van der Waals surface area contributed by atoms with Crippen molar-refractivity contribution in [1.29, 1.82) is 0 Å². The molecule has 0 spiro atoms. The van der Waals surface area contributed by atoms with E-state index in [0.29, 0.717) is 16.9 Å². The second-order valence-electron chi connectivity index (χ2n) is 6.31. The summed E-state index contributed by atoms with van der Waals surface area (Å²) in [6.45, 7) is 5.30. The molecule has 0 aliphatic heterocycles. The first-order valence-electron chi connectivity index (χ1n) is 7.43. The summed E-state index contributed by atoms with van der Waals surface area (Å²) in [5, 5.41) is 11.2. The predicted molar refractivity (Wildman–Crippen MR) is 88.3 cm³/mol. The molecular formula is C19H22O4. The molecule has 2 rings (SSSR count). The molecule has 0 aromatic heterocycles. The lowest BCUT2D eigenvalue weighted by molar-refractivity contribution is -0.173. The number of carbonyl (C=O) groups excluding carboxylic acids is 1. The van der Waals surface area contributed by atoms with Gasteiger partial charge in [0.2, 0.25) is 5.60 Å². The predicted octanol–water partition coefficient (Wildman–Crippen LogP) is 3.27. The molecule has 122 valence electrons. The Bertz CT molecular complexity index is 656. The third-order valence-electron chi connectivity index (χ3n) is 3.39. The minimum Gasteiger partial charge on any atom is -0.497 e. The lowest BCUT2D eigenvalue weighted by Gasteiger charge is -2.31. The highest BCUT2D eigenvalue weighted by atomic mass is 16.6. The lowest BCUT2D eigenvalue weighted by atomic mass is 9.86. The van der Waals surface area contributed by atoms with Gasteiger partial charge in [-0.3, -0.25) is 0 Å². The molecule has 0 heterocycles. The van der Waals surface area contributed by atoms with Crippen molar-refractivity contribution in [3.8, 4) is 5.75 Å². The molecule has 2 aromatic carbocycles. The summed E-state index contributed by atoms with van der Waals surface area (Å²) in [6.07, 6.45) is 0. The summed E-state index contributed by atoms with van der Waals surface area (Å²) in [6, 6.07) is 15.5. The van der Waals surface area contributed by atoms with Gasteiger partial charge < -0.3 is 14.6 Å². The van der Waals surface area contributed by atoms with Crippen LogP contribution in [-0.4, -0.2) is 23.8 Å². The molecule has 23 heavy (non-hydrogen) atoms. The Morgan fingerprint density at radius 3 is 1.91 bits per heavy atom. The Labute approximate surface area is 136 Å². The van der Waals surface area contributed by atoms with E-state index in [4.69, 9.17) is 9.47 Å². The van der Waals surface area contributed by atoms with Gasteiger partial charge in [0, 0.05) is 0 Å². The quantitative estimate of drug-likeness (QED) is 0.880. The Balaban J connectivity index is 2.52. The summed E-state index contributed by atoms with van der Waals surface area (Å²) in [5.41, 5.74) is -1.69. The molecule has 2 aromatic rings. The topological polar surface area (TPSA) is 55.8 Å². The molecular weight excluding hydrogens is 292 g/mol. The van der Waals surface area contributed by atoms with Crippen LogP contribution in [0.25, 0.3) is 0 Å². The fourth-order valence-corrected chi connectivity index (χ4v) is 2.27. The van der Waals surface area contributed by atoms with Gasteiger partial charge in [-0.15, -0.1) is 0 Å². The van der Waals surface area contributed by atoms with Crippen molar-refractivity contribution in [2.45, 2.75) is 32.0 Å². The fraction of sp³-hybridized carbons (Fsp3) is 0.316. The van der Waals surface area contributed by atoms with Crippen LogP contribution in [0.15, 0.2) is 54.6 Å². The van der Waals surface area contributed by atoms with Gasteiger partial charge >= 0.3 is 5.97 Å². The highest BCUT2D eigenvalue weighted by Gasteiger charge is 2.43. The molecule has 0 aliphatic rings. The maximum atomic E-state index is 12.7. The molecule has 0 amide bonds. The van der Waals surface area contributed by atoms with E-state index in [9.17, 15) is 9.90 Å². The van der Waals surface area contributed by atoms with Gasteiger partial charge in [0.25, 0.3) is 0 Å². The second kappa shape index (κ2) is 6.42. The molecule has 0 unspecified atom stereocenters. The zero-order chi connectivity index (χ0) is 17.1. The first-order valence-corrected chi connectivity index (χ1v) is 7.43. The van der Waals surface area contributed by atoms with Gasteiger partial charge in [-0.2, -0.15) is 0 Å². The molecule has 1 N–H and O–H groups in total. The number of rotatable bonds is 4. The molecule has 0 radical (unpaired) electrons. The zero-order valence-corrected chi connectivity index (χ0v) is 13.9. The van der Waals surface area contributed by atoms with E-state index in [-0.39, 0.29) is 0 Å². The SMILES string of the molecule is COc1ccc([C@@](O)(C(=O)OC(C)(C)C)c2ccccc2)cc1. The highest BCUT2D eigenvalue weighted by molar-refractivity contribution is 5.85. The van der Waals surface area contributed by atoms with Crippen LogP contribution in [0, 0.1) is 0 Å². The number of hydrogen-bond acceptors (Lipinski definition) is 4. The maximum absolute atomic E-state index is 12.7. The average molecular weight is 314 g/mol. The van der Waals surface area contributed by atoms with Gasteiger partial charge in [0.05, 0.1) is 7.11 Å². The van der Waals surface area contributed by atoms with Crippen LogP contribution >= 0.6 is 0 Å². The number of methoxy groups -OCH3 is 1. The number of ether oxygens (including phenoxy) is 2. The van der Waals surface area contributed by atoms with Gasteiger partial charge in [-0.1, -0.05) is 42.5 Å². The Kier molecular flexibility index (Phi) is 4.76. The monoisotopic (exact) mass is 314 g/mol. The average Bonchev–Trinajstić information content (AvgIpc) is 2.53. The smallest absolute Gasteiger partial charge is 0.348 e. The first-order chi connectivity index (χ1) is 10.8. The molecule has 0 bridgehead atoms. The van der Waals surface area contributed by atoms with Crippen LogP contribution in [-0.2, 0) is 15.1 Å². The van der Waals surface area contributed by atoms with E-state index < -0.39 is 17.2 Å². The standard InChI is InChI=1S/C19H22O4/c1-18(2,3)23-17(20)19(21,14-8-6-5-7-9-14)15-10-12-16(22-4)13-11-15/h5-13,21H,1-4H3/t19-/m1/s1. The van der Waals surface area contributed by atoms with Crippen LogP contribution in [0.4, 0.5) is 0 Å². The highest BCUT2D eigenvalue weighted by Crippen LogP contribution is 2.33. The van der Waals surface area contributed by atoms with E-state index >= 15 is 0 Å². The number of carbonyl (C=O) groups is 1. The Morgan fingerprint density at radius 2 is 1.43 bits per heavy atom. The van der Waals surface area contributed by atoms with Crippen LogP contribution < -0.4 is 4.74 Å². The van der Waals surface area contributed by atoms with Crippen molar-refractivity contribution in [3.05, 3.63) is 65.7 Å². The molecule has 0 aliphatic carbocycles. The summed E-state index contributed by atoms with van der Waals surface area (Å²) in [4.78, 5) is 12.7. The van der Waals surface area contributed by atoms with Crippen LogP contribution in [0.1, 0.15) is 31.9 Å². The molecule has 4 heteroatoms. The lowest BCUT2D eigenvalue weighted by Crippen LogP contribution is -2.42. The van der Waals surface area contributed by atoms with Gasteiger partial charge in [0.15, 0.2) is 0 Å². The molecule has 0 saturated heterocycles. The van der Waals surface area contributed by atoms with E-state index in [1.165, 1.54) is 0 Å². The molecule has 0 saturated carbocycles. The minimum atomic E-state index is -1.87. The van der Waals surface area contributed by atoms with Crippen LogP contribution in [0.3, 0.4) is 0 Å². The Hall–Kier alpha value is -2.33. The summed E-state index contributed by atoms with van der Waals surface area (Å²) in [5.74, 6) is -0.0604. The number of benzene rings is 2. The summed E-state index contributed by atoms with van der Waals surface area (Å²) < 4.78 is 10.6. The largest absolute Gasteiger partial charge is 0.497 e. The number of aliphatic hydroxyl groups is 1. The van der Waals surface area contributed by atoms with Crippen LogP contribution in [0.5, 0.6) is 5.75 Å². The van der Waals surface area contributed by atoms with Crippen LogP contribution in [0.2, 0.25) is 0 Å². The fourth-order valence-electron chi connectivity index (χ4n) is 2.27. The zero-order valence-electron chi connectivity index (χ0n) is 13.9. The van der Waals surface area contributed by atoms with Crippen molar-refractivity contribution in [2.75, 3.05) is 7.11 Å². The minimum absolute atomic E-state index is 0.429. The third kappa shape index (κ3) is 3.71. The van der Waals surface area contributed by atoms with Crippen molar-refractivity contribution < 1.29 is 19.4 Å². The van der Waals surface area contributed by atoms with Crippen molar-refractivity contribution in [1.82, 2.24) is 0 Å². The van der Waals surface area contributed by atoms with Gasteiger partial charge in [0.1, 0.15) is 11.4 Å². The van der Waals surface area contributed by atoms with Crippen molar-refractivity contribution >= 4 is 5.97 Å². The second-order valence-corrected chi connectivity index (χ2v) is 6.31. The van der Waals surface area contributed by atoms with E-state index in [2.05, 4.69) is 0 Å². The summed E-state index contributed by atoms with van der Waals surface area (Å²) in [7, 11) is 1.56. The first kappa shape index (κ1) is 17.0. The third-order valence-corrected chi connectivity index (χ3v) is 3.39. The number of hydrogen-bond donors (Lipinski definition) is 1. The summed E-state index contributed by atoms with van der Waals surface area (Å²) >= 11 is 0. The number of esters is 1. The molecule has 4 nitrogen and oxygen atoms in total. The van der Waals surface area contributed by atoms with Gasteiger partial charge in [-0.05, 0) is 44.0 Å². The van der Waals surface area contributed by atoms with E-state index in [1.54, 1.807) is 76.4 Å². The normalized spacial score (nSPS) is 14.0. The Morgan fingerprint density at radius 1 is 0.913 bits per heavy atom. The van der Waals surface area contributed by atoms with Crippen molar-refractivity contribution in [2.24, 2.45) is 0 Å². The van der Waals surface area contributed by atoms with E-state index in [0.717, 1.165) is 0 Å². The molecule has 0 fully saturated rings. The van der Waals surface area contributed by atoms with Crippen molar-refractivity contribution in [3.63, 3.8) is 0 Å². The van der Waals surface area contributed by atoms with Gasteiger partial charge in [-0.25, -0.2) is 4.79 Å².